The summed E-state index contributed by atoms with van der Waals surface area (Å²) in [5.74, 6) is -0.401. The van der Waals surface area contributed by atoms with Crippen molar-refractivity contribution in [2.45, 2.75) is 32.7 Å². The van der Waals surface area contributed by atoms with Gasteiger partial charge in [0.25, 0.3) is 5.91 Å². The van der Waals surface area contributed by atoms with E-state index in [0.29, 0.717) is 31.6 Å². The number of aromatic amines is 1. The van der Waals surface area contributed by atoms with Crippen LogP contribution in [-0.4, -0.2) is 46.0 Å². The van der Waals surface area contributed by atoms with Gasteiger partial charge in [-0.25, -0.2) is 0 Å². The molecule has 19 heavy (non-hydrogen) atoms. The average Bonchev–Trinajstić information content (AvgIpc) is 2.78. The van der Waals surface area contributed by atoms with Crippen LogP contribution in [0.15, 0.2) is 0 Å². The lowest BCUT2D eigenvalue weighted by Gasteiger charge is -2.34. The quantitative estimate of drug-likeness (QED) is 0.710. The first-order chi connectivity index (χ1) is 9.10. The van der Waals surface area contributed by atoms with Crippen molar-refractivity contribution in [3.05, 3.63) is 11.4 Å². The van der Waals surface area contributed by atoms with Gasteiger partial charge in [0.1, 0.15) is 6.04 Å². The second-order valence-electron chi connectivity index (χ2n) is 4.53. The molecule has 0 radical (unpaired) electrons. The lowest BCUT2D eigenvalue weighted by molar-refractivity contribution is -0.127. The van der Waals surface area contributed by atoms with E-state index >= 15 is 0 Å². The molecule has 1 aromatic rings. The number of nitrogens with zero attached hydrogens (tertiary/aromatic N) is 2. The first kappa shape index (κ1) is 13.4. The van der Waals surface area contributed by atoms with Crippen LogP contribution in [0.2, 0.25) is 0 Å². The molecule has 0 aliphatic carbocycles. The smallest absolute Gasteiger partial charge is 0.277 e. The van der Waals surface area contributed by atoms with E-state index in [2.05, 4.69) is 15.5 Å². The van der Waals surface area contributed by atoms with E-state index in [1.807, 2.05) is 13.8 Å². The Hall–Kier alpha value is -2.05. The summed E-state index contributed by atoms with van der Waals surface area (Å²) < 4.78 is 0. The molecule has 1 fully saturated rings. The first-order valence-corrected chi connectivity index (χ1v) is 6.51. The number of nitrogens with one attached hydrogen (secondary N) is 2. The number of carbonyl (C=O) groups is 2. The molecule has 1 unspecified atom stereocenters. The molecule has 0 bridgehead atoms. The number of hydrogen-bond acceptors (Lipinski definition) is 4. The lowest BCUT2D eigenvalue weighted by atomic mass is 10.1. The highest BCUT2D eigenvalue weighted by Gasteiger charge is 2.34. The fourth-order valence-corrected chi connectivity index (χ4v) is 2.32. The van der Waals surface area contributed by atoms with Crippen LogP contribution >= 0.6 is 0 Å². The number of nitrogen functional groups attached to an aromatic ring is 1. The minimum absolute atomic E-state index is 0.119. The standard InChI is InChI=1S/C12H19N5O2/c1-3-7-9(13)10(16-15-7)12(19)17-6-5-14-11(18)8(17)4-2/h8H,3-6,13H2,1-2H3,(H,14,18)(H,15,16). The summed E-state index contributed by atoms with van der Waals surface area (Å²) in [6.45, 7) is 4.76. The summed E-state index contributed by atoms with van der Waals surface area (Å²) in [5, 5.41) is 9.51. The zero-order valence-electron chi connectivity index (χ0n) is 11.2. The Kier molecular flexibility index (Phi) is 3.73. The zero-order valence-corrected chi connectivity index (χ0v) is 11.2. The Morgan fingerprint density at radius 2 is 2.26 bits per heavy atom. The van der Waals surface area contributed by atoms with Gasteiger partial charge in [0.2, 0.25) is 5.91 Å². The molecular weight excluding hydrogens is 246 g/mol. The number of carbonyl (C=O) groups excluding carboxylic acids is 2. The van der Waals surface area contributed by atoms with Gasteiger partial charge in [-0.1, -0.05) is 13.8 Å². The van der Waals surface area contributed by atoms with Gasteiger partial charge >= 0.3 is 0 Å². The molecule has 104 valence electrons. The topological polar surface area (TPSA) is 104 Å². The van der Waals surface area contributed by atoms with Crippen molar-refractivity contribution in [2.24, 2.45) is 0 Å². The van der Waals surface area contributed by atoms with E-state index < -0.39 is 6.04 Å². The molecule has 1 aliphatic heterocycles. The molecule has 7 heteroatoms. The number of aryl methyl sites for hydroxylation is 1. The van der Waals surface area contributed by atoms with Crippen molar-refractivity contribution in [1.29, 1.82) is 0 Å². The summed E-state index contributed by atoms with van der Waals surface area (Å²) >= 11 is 0. The number of hydrogen-bond donors (Lipinski definition) is 3. The SMILES string of the molecule is CCc1[nH]nc(C(=O)N2CCNC(=O)C2CC)c1N. The number of amides is 2. The van der Waals surface area contributed by atoms with E-state index in [-0.39, 0.29) is 17.5 Å². The summed E-state index contributed by atoms with van der Waals surface area (Å²) in [4.78, 5) is 25.7. The molecule has 1 atom stereocenters. The van der Waals surface area contributed by atoms with Crippen LogP contribution in [-0.2, 0) is 11.2 Å². The first-order valence-electron chi connectivity index (χ1n) is 6.51. The molecule has 0 aromatic carbocycles. The predicted molar refractivity (Wildman–Crippen MR) is 70.5 cm³/mol. The Morgan fingerprint density at radius 1 is 1.53 bits per heavy atom. The van der Waals surface area contributed by atoms with E-state index in [1.165, 1.54) is 0 Å². The third kappa shape index (κ3) is 2.27. The second-order valence-corrected chi connectivity index (χ2v) is 4.53. The molecule has 1 aliphatic rings. The van der Waals surface area contributed by atoms with Crippen molar-refractivity contribution >= 4 is 17.5 Å². The molecule has 1 saturated heterocycles. The molecular formula is C12H19N5O2. The average molecular weight is 265 g/mol. The second kappa shape index (κ2) is 5.29. The zero-order chi connectivity index (χ0) is 14.0. The molecule has 1 aromatic heterocycles. The van der Waals surface area contributed by atoms with Gasteiger partial charge in [0.05, 0.1) is 11.4 Å². The summed E-state index contributed by atoms with van der Waals surface area (Å²) in [5.41, 5.74) is 7.24. The van der Waals surface area contributed by atoms with Crippen LogP contribution in [0.4, 0.5) is 5.69 Å². The lowest BCUT2D eigenvalue weighted by Crippen LogP contribution is -2.57. The number of nitrogens with two attached hydrogens (primary N) is 1. The summed E-state index contributed by atoms with van der Waals surface area (Å²) in [6.07, 6.45) is 1.26. The molecule has 0 saturated carbocycles. The van der Waals surface area contributed by atoms with Crippen LogP contribution in [0.25, 0.3) is 0 Å². The van der Waals surface area contributed by atoms with Gasteiger partial charge in [-0.15, -0.1) is 0 Å². The Balaban J connectivity index is 2.27. The van der Waals surface area contributed by atoms with Crippen LogP contribution in [0.5, 0.6) is 0 Å². The summed E-state index contributed by atoms with van der Waals surface area (Å²) in [6, 6.07) is -0.442. The fraction of sp³-hybridized carbons (Fsp3) is 0.583. The van der Waals surface area contributed by atoms with Gasteiger partial charge in [-0.2, -0.15) is 5.10 Å². The van der Waals surface area contributed by atoms with Gasteiger partial charge in [0.15, 0.2) is 5.69 Å². The highest BCUT2D eigenvalue weighted by Crippen LogP contribution is 2.19. The molecule has 2 heterocycles. The molecule has 2 rings (SSSR count). The van der Waals surface area contributed by atoms with Crippen LogP contribution in [0.1, 0.15) is 36.5 Å². The van der Waals surface area contributed by atoms with E-state index in [4.69, 9.17) is 5.73 Å². The predicted octanol–water partition coefficient (Wildman–Crippen LogP) is -0.0951. The minimum atomic E-state index is -0.442. The number of rotatable bonds is 3. The van der Waals surface area contributed by atoms with Crippen LogP contribution < -0.4 is 11.1 Å². The largest absolute Gasteiger partial charge is 0.395 e. The molecule has 2 amide bonds. The van der Waals surface area contributed by atoms with E-state index in [1.54, 1.807) is 4.90 Å². The van der Waals surface area contributed by atoms with Crippen LogP contribution in [0.3, 0.4) is 0 Å². The number of aromatic nitrogens is 2. The Morgan fingerprint density at radius 3 is 2.84 bits per heavy atom. The van der Waals surface area contributed by atoms with Gasteiger partial charge in [-0.3, -0.25) is 14.7 Å². The summed E-state index contributed by atoms with van der Waals surface area (Å²) in [7, 11) is 0. The molecule has 7 nitrogen and oxygen atoms in total. The minimum Gasteiger partial charge on any atom is -0.395 e. The highest BCUT2D eigenvalue weighted by atomic mass is 16.2. The maximum atomic E-state index is 12.4. The Bertz CT molecular complexity index is 496. The van der Waals surface area contributed by atoms with Gasteiger partial charge < -0.3 is 16.0 Å². The number of piperazine rings is 1. The van der Waals surface area contributed by atoms with Gasteiger partial charge in [-0.05, 0) is 12.8 Å². The maximum Gasteiger partial charge on any atom is 0.277 e. The third-order valence-electron chi connectivity index (χ3n) is 3.42. The van der Waals surface area contributed by atoms with Crippen molar-refractivity contribution in [3.8, 4) is 0 Å². The van der Waals surface area contributed by atoms with E-state index in [9.17, 15) is 9.59 Å². The van der Waals surface area contributed by atoms with Crippen molar-refractivity contribution in [3.63, 3.8) is 0 Å². The number of anilines is 1. The fourth-order valence-electron chi connectivity index (χ4n) is 2.32. The van der Waals surface area contributed by atoms with Gasteiger partial charge in [0, 0.05) is 13.1 Å². The van der Waals surface area contributed by atoms with Crippen molar-refractivity contribution < 1.29 is 9.59 Å². The maximum absolute atomic E-state index is 12.4. The Labute approximate surface area is 111 Å². The normalized spacial score (nSPS) is 19.4. The van der Waals surface area contributed by atoms with Crippen molar-refractivity contribution in [1.82, 2.24) is 20.4 Å². The highest BCUT2D eigenvalue weighted by molar-refractivity contribution is 6.00. The van der Waals surface area contributed by atoms with Crippen molar-refractivity contribution in [2.75, 3.05) is 18.8 Å². The molecule has 4 N–H and O–H groups in total. The third-order valence-corrected chi connectivity index (χ3v) is 3.42. The van der Waals surface area contributed by atoms with E-state index in [0.717, 1.165) is 5.69 Å². The van der Waals surface area contributed by atoms with Crippen LogP contribution in [0, 0.1) is 0 Å². The monoisotopic (exact) mass is 265 g/mol. The molecule has 0 spiro atoms. The number of H-pyrrole nitrogens is 1.